The maximum Gasteiger partial charge on any atom is 0.306 e. The number of hydrogen-bond acceptors (Lipinski definition) is 6. The molecule has 1 fully saturated rings. The molecule has 1 aliphatic heterocycles. The number of piperazine rings is 1. The summed E-state index contributed by atoms with van der Waals surface area (Å²) in [4.78, 5) is 40.1. The van der Waals surface area contributed by atoms with Gasteiger partial charge in [-0.2, -0.15) is 0 Å². The first kappa shape index (κ1) is 21.4. The largest absolute Gasteiger partial charge is 0.497 e. The van der Waals surface area contributed by atoms with Crippen LogP contribution in [0.5, 0.6) is 5.75 Å². The normalized spacial score (nSPS) is 13.6. The molecule has 0 N–H and O–H groups in total. The van der Waals surface area contributed by atoms with Gasteiger partial charge in [-0.25, -0.2) is 0 Å². The summed E-state index contributed by atoms with van der Waals surface area (Å²) in [7, 11) is 1.63. The summed E-state index contributed by atoms with van der Waals surface area (Å²) in [5.41, 5.74) is 1.65. The molecule has 1 aliphatic rings. The van der Waals surface area contributed by atoms with Crippen molar-refractivity contribution in [2.24, 2.45) is 0 Å². The molecule has 0 bridgehead atoms. The van der Waals surface area contributed by atoms with E-state index in [4.69, 9.17) is 9.47 Å². The lowest BCUT2D eigenvalue weighted by Crippen LogP contribution is -2.49. The maximum atomic E-state index is 12.3. The van der Waals surface area contributed by atoms with Crippen molar-refractivity contribution < 1.29 is 23.9 Å². The molecule has 2 aromatic carbocycles. The van der Waals surface area contributed by atoms with Gasteiger partial charge in [0, 0.05) is 43.9 Å². The Kier molecular flexibility index (Phi) is 7.43. The lowest BCUT2D eigenvalue weighted by Gasteiger charge is -2.36. The van der Waals surface area contributed by atoms with Gasteiger partial charge in [0.1, 0.15) is 5.75 Å². The van der Waals surface area contributed by atoms with Crippen LogP contribution in [-0.2, 0) is 14.3 Å². The summed E-state index contributed by atoms with van der Waals surface area (Å²) in [5.74, 6) is -0.0648. The fourth-order valence-corrected chi connectivity index (χ4v) is 3.30. The van der Waals surface area contributed by atoms with E-state index in [0.29, 0.717) is 31.7 Å². The van der Waals surface area contributed by atoms with E-state index in [1.54, 1.807) is 36.3 Å². The van der Waals surface area contributed by atoms with Gasteiger partial charge in [0.25, 0.3) is 5.91 Å². The Bertz CT molecular complexity index is 859. The first-order valence-electron chi connectivity index (χ1n) is 9.97. The highest BCUT2D eigenvalue weighted by molar-refractivity contribution is 5.97. The van der Waals surface area contributed by atoms with Crippen LogP contribution in [0.3, 0.4) is 0 Å². The monoisotopic (exact) mass is 410 g/mol. The third kappa shape index (κ3) is 5.83. The minimum atomic E-state index is -0.538. The topological polar surface area (TPSA) is 76.2 Å². The minimum absolute atomic E-state index is 0.0355. The molecule has 0 saturated carbocycles. The molecule has 7 heteroatoms. The van der Waals surface area contributed by atoms with E-state index in [1.807, 2.05) is 30.3 Å². The predicted molar refractivity (Wildman–Crippen MR) is 113 cm³/mol. The Morgan fingerprint density at radius 2 is 1.53 bits per heavy atom. The van der Waals surface area contributed by atoms with E-state index >= 15 is 0 Å². The van der Waals surface area contributed by atoms with Crippen LogP contribution in [0.4, 0.5) is 5.69 Å². The number of Topliss-reactive ketones (excluding diaryl/α,β-unsaturated/α-hetero) is 1. The lowest BCUT2D eigenvalue weighted by atomic mass is 10.1. The molecule has 0 aromatic heterocycles. The van der Waals surface area contributed by atoms with Gasteiger partial charge < -0.3 is 19.3 Å². The van der Waals surface area contributed by atoms with E-state index in [2.05, 4.69) is 4.90 Å². The number of ether oxygens (including phenoxy) is 2. The zero-order chi connectivity index (χ0) is 21.3. The summed E-state index contributed by atoms with van der Waals surface area (Å²) in [6, 6.07) is 16.6. The molecular formula is C23H26N2O5. The number of carbonyl (C=O) groups excluding carboxylic acids is 3. The average Bonchev–Trinajstić information content (AvgIpc) is 2.81. The van der Waals surface area contributed by atoms with Crippen molar-refractivity contribution in [3.8, 4) is 5.75 Å². The third-order valence-corrected chi connectivity index (χ3v) is 5.08. The molecule has 1 amide bonds. The van der Waals surface area contributed by atoms with Crippen LogP contribution in [0.15, 0.2) is 54.6 Å². The third-order valence-electron chi connectivity index (χ3n) is 5.08. The van der Waals surface area contributed by atoms with Crippen LogP contribution in [-0.4, -0.2) is 62.5 Å². The molecular weight excluding hydrogens is 384 g/mol. The number of ketones is 1. The van der Waals surface area contributed by atoms with Crippen molar-refractivity contribution in [1.29, 1.82) is 0 Å². The van der Waals surface area contributed by atoms with Gasteiger partial charge in [0.2, 0.25) is 0 Å². The average molecular weight is 410 g/mol. The molecule has 158 valence electrons. The molecule has 1 heterocycles. The van der Waals surface area contributed by atoms with E-state index < -0.39 is 5.97 Å². The first-order chi connectivity index (χ1) is 14.6. The van der Waals surface area contributed by atoms with Crippen molar-refractivity contribution >= 4 is 23.3 Å². The quantitative estimate of drug-likeness (QED) is 0.492. The molecule has 7 nitrogen and oxygen atoms in total. The van der Waals surface area contributed by atoms with Crippen molar-refractivity contribution in [1.82, 2.24) is 4.90 Å². The highest BCUT2D eigenvalue weighted by atomic mass is 16.5. The van der Waals surface area contributed by atoms with Crippen molar-refractivity contribution in [3.63, 3.8) is 0 Å². The van der Waals surface area contributed by atoms with E-state index in [1.165, 1.54) is 0 Å². The zero-order valence-corrected chi connectivity index (χ0v) is 17.1. The smallest absolute Gasteiger partial charge is 0.306 e. The Hall–Kier alpha value is -3.35. The van der Waals surface area contributed by atoms with E-state index in [9.17, 15) is 14.4 Å². The number of methoxy groups -OCH3 is 1. The number of amides is 1. The van der Waals surface area contributed by atoms with Crippen molar-refractivity contribution in [3.05, 3.63) is 60.2 Å². The summed E-state index contributed by atoms with van der Waals surface area (Å²) >= 11 is 0. The highest BCUT2D eigenvalue weighted by Gasteiger charge is 2.22. The lowest BCUT2D eigenvalue weighted by molar-refractivity contribution is -0.152. The number of nitrogens with zero attached hydrogens (tertiary/aromatic N) is 2. The molecule has 30 heavy (non-hydrogen) atoms. The highest BCUT2D eigenvalue weighted by Crippen LogP contribution is 2.20. The second kappa shape index (κ2) is 10.4. The van der Waals surface area contributed by atoms with Gasteiger partial charge in [-0.15, -0.1) is 0 Å². The molecule has 0 aliphatic carbocycles. The van der Waals surface area contributed by atoms with Gasteiger partial charge in [0.05, 0.1) is 13.5 Å². The molecule has 0 radical (unpaired) electrons. The Morgan fingerprint density at radius 1 is 0.867 bits per heavy atom. The number of hydrogen-bond donors (Lipinski definition) is 0. The fraction of sp³-hybridized carbons (Fsp3) is 0.348. The first-order valence-corrected chi connectivity index (χ1v) is 9.97. The number of anilines is 1. The van der Waals surface area contributed by atoms with Gasteiger partial charge in [-0.05, 0) is 24.3 Å². The fourth-order valence-electron chi connectivity index (χ4n) is 3.30. The summed E-state index contributed by atoms with van der Waals surface area (Å²) < 4.78 is 10.2. The molecule has 0 spiro atoms. The number of benzene rings is 2. The van der Waals surface area contributed by atoms with E-state index in [0.717, 1.165) is 11.4 Å². The number of carbonyl (C=O) groups is 3. The second-order valence-corrected chi connectivity index (χ2v) is 7.02. The van der Waals surface area contributed by atoms with Crippen LogP contribution in [0, 0.1) is 0 Å². The SMILES string of the molecule is COc1ccc(N2CCN(C(=O)COC(=O)CCC(=O)c3ccccc3)CC2)cc1. The van der Waals surface area contributed by atoms with Gasteiger partial charge in [-0.1, -0.05) is 30.3 Å². The Balaban J connectivity index is 1.37. The van der Waals surface area contributed by atoms with Crippen LogP contribution < -0.4 is 9.64 Å². The number of esters is 1. The molecule has 3 rings (SSSR count). The number of rotatable bonds is 8. The Labute approximate surface area is 176 Å². The Morgan fingerprint density at radius 3 is 2.17 bits per heavy atom. The minimum Gasteiger partial charge on any atom is -0.497 e. The van der Waals surface area contributed by atoms with E-state index in [-0.39, 0.29) is 31.1 Å². The van der Waals surface area contributed by atoms with Crippen LogP contribution in [0.25, 0.3) is 0 Å². The van der Waals surface area contributed by atoms with Crippen molar-refractivity contribution in [2.45, 2.75) is 12.8 Å². The van der Waals surface area contributed by atoms with Crippen LogP contribution in [0.2, 0.25) is 0 Å². The van der Waals surface area contributed by atoms with Gasteiger partial charge >= 0.3 is 5.97 Å². The maximum absolute atomic E-state index is 12.3. The molecule has 1 saturated heterocycles. The molecule has 2 aromatic rings. The molecule has 0 unspecified atom stereocenters. The standard InChI is InChI=1S/C23H26N2O5/c1-29-20-9-7-19(8-10-20)24-13-15-25(16-14-24)22(27)17-30-23(28)12-11-21(26)18-5-3-2-4-6-18/h2-10H,11-17H2,1H3. The van der Waals surface area contributed by atoms with Gasteiger partial charge in [0.15, 0.2) is 12.4 Å². The summed E-state index contributed by atoms with van der Waals surface area (Å²) in [5, 5.41) is 0. The predicted octanol–water partition coefficient (Wildman–Crippen LogP) is 2.55. The molecule has 0 atom stereocenters. The zero-order valence-electron chi connectivity index (χ0n) is 17.1. The van der Waals surface area contributed by atoms with Crippen molar-refractivity contribution in [2.75, 3.05) is 44.8 Å². The van der Waals surface area contributed by atoms with Gasteiger partial charge in [-0.3, -0.25) is 14.4 Å². The van der Waals surface area contributed by atoms with Crippen LogP contribution in [0.1, 0.15) is 23.2 Å². The van der Waals surface area contributed by atoms with Crippen LogP contribution >= 0.6 is 0 Å². The summed E-state index contributed by atoms with van der Waals surface area (Å²) in [6.07, 6.45) is 0.0316. The summed E-state index contributed by atoms with van der Waals surface area (Å²) in [6.45, 7) is 2.25. The second-order valence-electron chi connectivity index (χ2n) is 7.02.